The van der Waals surface area contributed by atoms with Crippen molar-refractivity contribution in [2.24, 2.45) is 0 Å². The summed E-state index contributed by atoms with van der Waals surface area (Å²) < 4.78 is 41.0. The van der Waals surface area contributed by atoms with Gasteiger partial charge in [-0.25, -0.2) is 0 Å². The summed E-state index contributed by atoms with van der Waals surface area (Å²) in [7, 11) is 0. The van der Waals surface area contributed by atoms with Crippen LogP contribution in [-0.2, 0) is 0 Å². The fourth-order valence-electron chi connectivity index (χ4n) is 1.64. The van der Waals surface area contributed by atoms with E-state index in [4.69, 9.17) is 11.0 Å². The smallest absolute Gasteiger partial charge is 0.405 e. The molecule has 4 nitrogen and oxygen atoms in total. The zero-order valence-electron chi connectivity index (χ0n) is 9.98. The number of para-hydroxylation sites is 1. The molecule has 2 rings (SSSR count). The highest BCUT2D eigenvalue weighted by Crippen LogP contribution is 2.35. The van der Waals surface area contributed by atoms with Gasteiger partial charge in [0, 0.05) is 11.8 Å². The summed E-state index contributed by atoms with van der Waals surface area (Å²) >= 11 is 0. The maximum atomic E-state index is 12.3. The minimum Gasteiger partial charge on any atom is -0.405 e. The number of nitrogens with two attached hydrogens (primary N) is 1. The molecule has 0 aliphatic carbocycles. The van der Waals surface area contributed by atoms with E-state index in [1.165, 1.54) is 36.5 Å². The van der Waals surface area contributed by atoms with Crippen LogP contribution in [0.1, 0.15) is 5.56 Å². The van der Waals surface area contributed by atoms with E-state index in [-0.39, 0.29) is 22.5 Å². The van der Waals surface area contributed by atoms with Gasteiger partial charge in [-0.15, -0.1) is 13.2 Å². The van der Waals surface area contributed by atoms with Gasteiger partial charge in [0.05, 0.1) is 16.9 Å². The van der Waals surface area contributed by atoms with Gasteiger partial charge in [-0.05, 0) is 18.2 Å². The zero-order chi connectivity index (χ0) is 14.8. The number of benzene rings is 1. The summed E-state index contributed by atoms with van der Waals surface area (Å²) in [6.45, 7) is 0. The standard InChI is InChI=1S/C13H8F3N3O/c14-13(15,16)20-11-4-2-1-3-9(11)12-10(18)5-8(6-17)7-19-12/h1-5,7H,18H2. The molecule has 0 spiro atoms. The van der Waals surface area contributed by atoms with Gasteiger partial charge in [0.25, 0.3) is 0 Å². The number of ether oxygens (including phenoxy) is 1. The lowest BCUT2D eigenvalue weighted by Crippen LogP contribution is -2.17. The molecule has 1 heterocycles. The molecule has 0 radical (unpaired) electrons. The molecule has 0 saturated carbocycles. The number of nitrogen functional groups attached to an aromatic ring is 1. The van der Waals surface area contributed by atoms with E-state index in [0.29, 0.717) is 0 Å². The van der Waals surface area contributed by atoms with Crippen LogP contribution in [0.3, 0.4) is 0 Å². The first kappa shape index (κ1) is 13.7. The predicted molar refractivity (Wildman–Crippen MR) is 65.5 cm³/mol. The van der Waals surface area contributed by atoms with Crippen molar-refractivity contribution in [2.75, 3.05) is 5.73 Å². The van der Waals surface area contributed by atoms with Crippen molar-refractivity contribution in [3.8, 4) is 23.1 Å². The molecule has 0 saturated heterocycles. The minimum absolute atomic E-state index is 0.0993. The van der Waals surface area contributed by atoms with Crippen LogP contribution in [0.5, 0.6) is 5.75 Å². The molecule has 20 heavy (non-hydrogen) atoms. The van der Waals surface area contributed by atoms with E-state index >= 15 is 0 Å². The Balaban J connectivity index is 2.51. The fraction of sp³-hybridized carbons (Fsp3) is 0.0769. The maximum Gasteiger partial charge on any atom is 0.573 e. The van der Waals surface area contributed by atoms with Crippen molar-refractivity contribution in [2.45, 2.75) is 6.36 Å². The van der Waals surface area contributed by atoms with E-state index in [0.717, 1.165) is 0 Å². The van der Waals surface area contributed by atoms with Gasteiger partial charge in [0.2, 0.25) is 0 Å². The summed E-state index contributed by atoms with van der Waals surface area (Å²) in [4.78, 5) is 3.92. The molecule has 1 aromatic heterocycles. The Morgan fingerprint density at radius 3 is 2.55 bits per heavy atom. The van der Waals surface area contributed by atoms with Crippen molar-refractivity contribution in [1.29, 1.82) is 5.26 Å². The van der Waals surface area contributed by atoms with E-state index in [1.807, 2.05) is 6.07 Å². The summed E-state index contributed by atoms with van der Waals surface area (Å²) in [6.07, 6.45) is -3.58. The number of nitrogens with zero attached hydrogens (tertiary/aromatic N) is 2. The maximum absolute atomic E-state index is 12.3. The van der Waals surface area contributed by atoms with Gasteiger partial charge in [-0.3, -0.25) is 4.98 Å². The van der Waals surface area contributed by atoms with Crippen LogP contribution < -0.4 is 10.5 Å². The fourth-order valence-corrected chi connectivity index (χ4v) is 1.64. The van der Waals surface area contributed by atoms with Gasteiger partial charge in [-0.1, -0.05) is 12.1 Å². The normalized spacial score (nSPS) is 10.9. The van der Waals surface area contributed by atoms with Crippen molar-refractivity contribution < 1.29 is 17.9 Å². The first-order valence-electron chi connectivity index (χ1n) is 5.41. The van der Waals surface area contributed by atoms with Crippen LogP contribution >= 0.6 is 0 Å². The van der Waals surface area contributed by atoms with Gasteiger partial charge in [-0.2, -0.15) is 5.26 Å². The van der Waals surface area contributed by atoms with Gasteiger partial charge >= 0.3 is 6.36 Å². The lowest BCUT2D eigenvalue weighted by Gasteiger charge is -2.13. The quantitative estimate of drug-likeness (QED) is 0.916. The van der Waals surface area contributed by atoms with Crippen LogP contribution in [0.4, 0.5) is 18.9 Å². The Bertz CT molecular complexity index is 677. The number of rotatable bonds is 2. The van der Waals surface area contributed by atoms with Crippen LogP contribution in [0.25, 0.3) is 11.3 Å². The second-order valence-electron chi connectivity index (χ2n) is 3.82. The zero-order valence-corrected chi connectivity index (χ0v) is 9.98. The largest absolute Gasteiger partial charge is 0.573 e. The van der Waals surface area contributed by atoms with Gasteiger partial charge in [0.15, 0.2) is 0 Å². The van der Waals surface area contributed by atoms with Crippen molar-refractivity contribution >= 4 is 5.69 Å². The number of hydrogen-bond acceptors (Lipinski definition) is 4. The van der Waals surface area contributed by atoms with E-state index in [1.54, 1.807) is 0 Å². The molecule has 0 unspecified atom stereocenters. The van der Waals surface area contributed by atoms with E-state index < -0.39 is 12.1 Å². The predicted octanol–water partition coefficient (Wildman–Crippen LogP) is 3.10. The van der Waals surface area contributed by atoms with Gasteiger partial charge in [0.1, 0.15) is 11.8 Å². The SMILES string of the molecule is N#Cc1cnc(-c2ccccc2OC(F)(F)F)c(N)c1. The highest BCUT2D eigenvalue weighted by molar-refractivity contribution is 5.77. The molecule has 0 bridgehead atoms. The Morgan fingerprint density at radius 1 is 1.25 bits per heavy atom. The summed E-state index contributed by atoms with van der Waals surface area (Å²) in [5.41, 5.74) is 6.27. The Labute approximate surface area is 112 Å². The van der Waals surface area contributed by atoms with Crippen LogP contribution in [0.15, 0.2) is 36.5 Å². The number of nitriles is 1. The second-order valence-corrected chi connectivity index (χ2v) is 3.82. The Kier molecular flexibility index (Phi) is 3.48. The third-order valence-corrected chi connectivity index (χ3v) is 2.41. The number of aromatic nitrogens is 1. The molecular formula is C13H8F3N3O. The van der Waals surface area contributed by atoms with Crippen LogP contribution in [-0.4, -0.2) is 11.3 Å². The van der Waals surface area contributed by atoms with Crippen LogP contribution in [0, 0.1) is 11.3 Å². The average Bonchev–Trinajstić information content (AvgIpc) is 2.38. The summed E-state index contributed by atoms with van der Waals surface area (Å²) in [6, 6.07) is 8.71. The third-order valence-electron chi connectivity index (χ3n) is 2.41. The number of hydrogen-bond donors (Lipinski definition) is 1. The van der Waals surface area contributed by atoms with Crippen molar-refractivity contribution in [3.63, 3.8) is 0 Å². The first-order valence-corrected chi connectivity index (χ1v) is 5.41. The molecule has 102 valence electrons. The second kappa shape index (κ2) is 5.09. The molecule has 0 amide bonds. The molecule has 0 aliphatic heterocycles. The topological polar surface area (TPSA) is 71.9 Å². The molecular weight excluding hydrogens is 271 g/mol. The summed E-state index contributed by atoms with van der Waals surface area (Å²) in [5, 5.41) is 8.71. The number of pyridine rings is 1. The highest BCUT2D eigenvalue weighted by atomic mass is 19.4. The highest BCUT2D eigenvalue weighted by Gasteiger charge is 2.32. The number of anilines is 1. The molecule has 1 aromatic carbocycles. The lowest BCUT2D eigenvalue weighted by molar-refractivity contribution is -0.274. The molecule has 7 heteroatoms. The molecule has 2 aromatic rings. The number of halogens is 3. The molecule has 0 fully saturated rings. The molecule has 0 aliphatic rings. The molecule has 0 atom stereocenters. The lowest BCUT2D eigenvalue weighted by atomic mass is 10.1. The molecule has 2 N–H and O–H groups in total. The van der Waals surface area contributed by atoms with E-state index in [9.17, 15) is 13.2 Å². The first-order chi connectivity index (χ1) is 9.40. The minimum atomic E-state index is -4.81. The average molecular weight is 279 g/mol. The van der Waals surface area contributed by atoms with E-state index in [2.05, 4.69) is 9.72 Å². The Morgan fingerprint density at radius 2 is 1.95 bits per heavy atom. The van der Waals surface area contributed by atoms with Crippen molar-refractivity contribution in [1.82, 2.24) is 4.98 Å². The van der Waals surface area contributed by atoms with Crippen molar-refractivity contribution in [3.05, 3.63) is 42.1 Å². The van der Waals surface area contributed by atoms with Gasteiger partial charge < -0.3 is 10.5 Å². The number of alkyl halides is 3. The summed E-state index contributed by atoms with van der Waals surface area (Å²) in [5.74, 6) is -0.399. The third kappa shape index (κ3) is 2.98. The Hall–Kier alpha value is -2.75. The monoisotopic (exact) mass is 279 g/mol. The van der Waals surface area contributed by atoms with Crippen LogP contribution in [0.2, 0.25) is 0 Å².